The number of hydrogen-bond acceptors (Lipinski definition) is 5. The highest BCUT2D eigenvalue weighted by Crippen LogP contribution is 2.29. The third-order valence-corrected chi connectivity index (χ3v) is 4.63. The van der Waals surface area contributed by atoms with Crippen LogP contribution in [0, 0.1) is 0 Å². The van der Waals surface area contributed by atoms with E-state index in [-0.39, 0.29) is 5.54 Å². The minimum Gasteiger partial charge on any atom is -0.496 e. The number of ether oxygens (including phenoxy) is 1. The third kappa shape index (κ3) is 2.11. The molecule has 108 valence electrons. The van der Waals surface area contributed by atoms with Crippen LogP contribution in [0.5, 0.6) is 5.75 Å². The van der Waals surface area contributed by atoms with Gasteiger partial charge in [-0.25, -0.2) is 0 Å². The smallest absolute Gasteiger partial charge is 0.123 e. The number of rotatable bonds is 4. The number of nitrogens with zero attached hydrogens (tertiary/aromatic N) is 3. The Hall–Kier alpha value is -1.14. The van der Waals surface area contributed by atoms with Crippen LogP contribution in [0.3, 0.4) is 0 Å². The van der Waals surface area contributed by atoms with Crippen LogP contribution in [-0.4, -0.2) is 67.0 Å². The van der Waals surface area contributed by atoms with Crippen LogP contribution < -0.4 is 10.1 Å². The molecule has 5 heteroatoms. The summed E-state index contributed by atoms with van der Waals surface area (Å²) in [6, 6.07) is 8.28. The van der Waals surface area contributed by atoms with Crippen molar-refractivity contribution in [2.24, 2.45) is 0 Å². The average Bonchev–Trinajstić information content (AvgIpc) is 2.44. The molecule has 4 fully saturated rings. The summed E-state index contributed by atoms with van der Waals surface area (Å²) in [7, 11) is 1.74. The minimum atomic E-state index is 0.218. The Balaban J connectivity index is 1.49. The van der Waals surface area contributed by atoms with Gasteiger partial charge in [0.25, 0.3) is 0 Å². The molecule has 0 spiro atoms. The maximum absolute atomic E-state index is 5.45. The van der Waals surface area contributed by atoms with Crippen molar-refractivity contribution in [2.45, 2.75) is 12.1 Å². The Morgan fingerprint density at radius 3 is 2.25 bits per heavy atom. The highest BCUT2D eigenvalue weighted by molar-refractivity contribution is 5.33. The van der Waals surface area contributed by atoms with Crippen molar-refractivity contribution in [3.63, 3.8) is 0 Å². The van der Waals surface area contributed by atoms with Gasteiger partial charge in [0.05, 0.1) is 32.7 Å². The number of hydrogen-bond donors (Lipinski definition) is 1. The van der Waals surface area contributed by atoms with Gasteiger partial charge in [-0.15, -0.1) is 0 Å². The van der Waals surface area contributed by atoms with E-state index in [0.29, 0.717) is 0 Å². The Morgan fingerprint density at radius 1 is 1.05 bits per heavy atom. The first-order valence-electron chi connectivity index (χ1n) is 7.30. The summed E-state index contributed by atoms with van der Waals surface area (Å²) in [4.78, 5) is 7.60. The zero-order valence-electron chi connectivity index (χ0n) is 12.0. The Morgan fingerprint density at radius 2 is 1.65 bits per heavy atom. The van der Waals surface area contributed by atoms with E-state index < -0.39 is 0 Å². The summed E-state index contributed by atoms with van der Waals surface area (Å²) in [5.41, 5.74) is 1.46. The van der Waals surface area contributed by atoms with Gasteiger partial charge in [0.1, 0.15) is 5.75 Å². The van der Waals surface area contributed by atoms with E-state index in [1.807, 2.05) is 12.1 Å². The molecule has 5 rings (SSSR count). The van der Waals surface area contributed by atoms with Gasteiger partial charge in [-0.3, -0.25) is 14.7 Å². The third-order valence-electron chi connectivity index (χ3n) is 4.63. The Bertz CT molecular complexity index is 469. The Kier molecular flexibility index (Phi) is 2.96. The van der Waals surface area contributed by atoms with Crippen LogP contribution >= 0.6 is 0 Å². The summed E-state index contributed by atoms with van der Waals surface area (Å²) in [5.74, 6) is 0.977. The molecular formula is C15H22N4O. The van der Waals surface area contributed by atoms with Gasteiger partial charge in [-0.05, 0) is 6.07 Å². The van der Waals surface area contributed by atoms with Crippen LogP contribution in [0.1, 0.15) is 5.56 Å². The molecule has 0 unspecified atom stereocenters. The fraction of sp³-hybridized carbons (Fsp3) is 0.600. The molecule has 1 aromatic rings. The van der Waals surface area contributed by atoms with Crippen molar-refractivity contribution in [3.05, 3.63) is 29.8 Å². The van der Waals surface area contributed by atoms with Gasteiger partial charge < -0.3 is 10.1 Å². The molecule has 5 nitrogen and oxygen atoms in total. The predicted octanol–water partition coefficient (Wildman–Crippen LogP) is 0.343. The topological polar surface area (TPSA) is 31.0 Å². The second kappa shape index (κ2) is 4.70. The second-order valence-electron chi connectivity index (χ2n) is 6.36. The summed E-state index contributed by atoms with van der Waals surface area (Å²) in [5, 5.41) is 3.81. The SMILES string of the molecule is COc1ccccc1CNC12CN3CN(CN(C3)C1)C2. The fourth-order valence-electron chi connectivity index (χ4n) is 4.02. The molecule has 4 bridgehead atoms. The van der Waals surface area contributed by atoms with E-state index in [4.69, 9.17) is 4.74 Å². The molecule has 0 amide bonds. The maximum atomic E-state index is 5.45. The van der Waals surface area contributed by atoms with Gasteiger partial charge >= 0.3 is 0 Å². The van der Waals surface area contributed by atoms with E-state index in [9.17, 15) is 0 Å². The average molecular weight is 274 g/mol. The van der Waals surface area contributed by atoms with Gasteiger partial charge in [0, 0.05) is 31.7 Å². The zero-order chi connectivity index (χ0) is 13.6. The first-order valence-corrected chi connectivity index (χ1v) is 7.30. The zero-order valence-corrected chi connectivity index (χ0v) is 12.0. The van der Waals surface area contributed by atoms with Crippen molar-refractivity contribution < 1.29 is 4.74 Å². The highest BCUT2D eigenvalue weighted by Gasteiger charge is 2.48. The van der Waals surface area contributed by atoms with Crippen molar-refractivity contribution >= 4 is 0 Å². The molecule has 1 aromatic carbocycles. The molecule has 0 atom stereocenters. The lowest BCUT2D eigenvalue weighted by Crippen LogP contribution is -2.79. The van der Waals surface area contributed by atoms with Crippen molar-refractivity contribution in [1.29, 1.82) is 0 Å². The van der Waals surface area contributed by atoms with E-state index in [1.54, 1.807) is 7.11 Å². The second-order valence-corrected chi connectivity index (χ2v) is 6.36. The Labute approximate surface area is 120 Å². The molecule has 0 aromatic heterocycles. The lowest BCUT2D eigenvalue weighted by atomic mass is 9.90. The molecule has 0 aliphatic carbocycles. The standard InChI is InChI=1S/C15H22N4O/c1-20-14-5-3-2-4-13(14)6-16-15-7-17-10-18(8-15)12-19(9-15)11-17/h2-5,16H,6-12H2,1H3. The lowest BCUT2D eigenvalue weighted by Gasteiger charge is -2.60. The number of nitrogens with one attached hydrogen (secondary N) is 1. The normalized spacial score (nSPS) is 38.1. The molecule has 0 saturated carbocycles. The minimum absolute atomic E-state index is 0.218. The quantitative estimate of drug-likeness (QED) is 0.856. The first kappa shape index (κ1) is 12.6. The largest absolute Gasteiger partial charge is 0.496 e. The van der Waals surface area contributed by atoms with E-state index >= 15 is 0 Å². The van der Waals surface area contributed by atoms with E-state index in [2.05, 4.69) is 32.1 Å². The molecule has 4 saturated heterocycles. The van der Waals surface area contributed by atoms with Gasteiger partial charge in [0.15, 0.2) is 0 Å². The molecule has 4 heterocycles. The predicted molar refractivity (Wildman–Crippen MR) is 77.3 cm³/mol. The van der Waals surface area contributed by atoms with Crippen LogP contribution in [0.2, 0.25) is 0 Å². The summed E-state index contributed by atoms with van der Waals surface area (Å²) >= 11 is 0. The molecule has 0 radical (unpaired) electrons. The van der Waals surface area contributed by atoms with Crippen molar-refractivity contribution in [2.75, 3.05) is 46.8 Å². The van der Waals surface area contributed by atoms with Crippen LogP contribution in [0.25, 0.3) is 0 Å². The lowest BCUT2D eigenvalue weighted by molar-refractivity contribution is -0.150. The summed E-state index contributed by atoms with van der Waals surface area (Å²) in [6.45, 7) is 7.76. The van der Waals surface area contributed by atoms with E-state index in [1.165, 1.54) is 5.56 Å². The number of para-hydroxylation sites is 1. The van der Waals surface area contributed by atoms with Gasteiger partial charge in [0.2, 0.25) is 0 Å². The molecule has 4 aliphatic rings. The highest BCUT2D eigenvalue weighted by atomic mass is 16.5. The number of benzene rings is 1. The van der Waals surface area contributed by atoms with Crippen molar-refractivity contribution in [1.82, 2.24) is 20.0 Å². The van der Waals surface area contributed by atoms with E-state index in [0.717, 1.165) is 51.9 Å². The monoisotopic (exact) mass is 274 g/mol. The first-order chi connectivity index (χ1) is 9.76. The molecule has 4 aliphatic heterocycles. The summed E-state index contributed by atoms with van der Waals surface area (Å²) < 4.78 is 5.45. The molecule has 1 N–H and O–H groups in total. The maximum Gasteiger partial charge on any atom is 0.123 e. The van der Waals surface area contributed by atoms with Crippen LogP contribution in [0.15, 0.2) is 24.3 Å². The van der Waals surface area contributed by atoms with Crippen LogP contribution in [-0.2, 0) is 6.54 Å². The van der Waals surface area contributed by atoms with Crippen LogP contribution in [0.4, 0.5) is 0 Å². The van der Waals surface area contributed by atoms with Gasteiger partial charge in [-0.2, -0.15) is 0 Å². The van der Waals surface area contributed by atoms with Crippen molar-refractivity contribution in [3.8, 4) is 5.75 Å². The van der Waals surface area contributed by atoms with Gasteiger partial charge in [-0.1, -0.05) is 18.2 Å². The molecular weight excluding hydrogens is 252 g/mol. The number of methoxy groups -OCH3 is 1. The fourth-order valence-corrected chi connectivity index (χ4v) is 4.02. The molecule has 20 heavy (non-hydrogen) atoms. The summed E-state index contributed by atoms with van der Waals surface area (Å²) in [6.07, 6.45) is 0.